The van der Waals surface area contributed by atoms with Gasteiger partial charge in [0.15, 0.2) is 0 Å². The highest BCUT2D eigenvalue weighted by molar-refractivity contribution is 5.99. The van der Waals surface area contributed by atoms with E-state index in [2.05, 4.69) is 17.4 Å². The number of methoxy groups -OCH3 is 1. The minimum atomic E-state index is -0.187. The quantitative estimate of drug-likeness (QED) is 0.555. The second kappa shape index (κ2) is 10.2. The lowest BCUT2D eigenvalue weighted by atomic mass is 10.1. The van der Waals surface area contributed by atoms with Gasteiger partial charge in [-0.05, 0) is 36.1 Å². The van der Waals surface area contributed by atoms with Crippen LogP contribution in [0, 0.1) is 0 Å². The van der Waals surface area contributed by atoms with Gasteiger partial charge < -0.3 is 14.8 Å². The van der Waals surface area contributed by atoms with Gasteiger partial charge in [-0.2, -0.15) is 0 Å². The van der Waals surface area contributed by atoms with Crippen molar-refractivity contribution in [2.24, 2.45) is 0 Å². The number of carbonyl (C=O) groups excluding carboxylic acids is 1. The molecule has 0 aliphatic rings. The number of carbonyl (C=O) groups is 1. The van der Waals surface area contributed by atoms with Gasteiger partial charge in [0.25, 0.3) is 5.91 Å². The van der Waals surface area contributed by atoms with E-state index < -0.39 is 0 Å². The van der Waals surface area contributed by atoms with E-state index in [1.54, 1.807) is 19.2 Å². The van der Waals surface area contributed by atoms with Gasteiger partial charge >= 0.3 is 0 Å². The molecule has 0 aliphatic heterocycles. The van der Waals surface area contributed by atoms with Gasteiger partial charge in [0.2, 0.25) is 0 Å². The average molecular weight is 375 g/mol. The molecule has 3 aromatic carbocycles. The SMILES string of the molecule is COc1cccc(OCc2ccccc2)c1C(=O)NCCCc1ccccc1. The van der Waals surface area contributed by atoms with Crippen molar-refractivity contribution in [3.63, 3.8) is 0 Å². The number of amides is 1. The van der Waals surface area contributed by atoms with Gasteiger partial charge in [0, 0.05) is 6.54 Å². The van der Waals surface area contributed by atoms with Crippen molar-refractivity contribution in [2.75, 3.05) is 13.7 Å². The van der Waals surface area contributed by atoms with Gasteiger partial charge in [-0.1, -0.05) is 66.7 Å². The first kappa shape index (κ1) is 19.5. The molecule has 28 heavy (non-hydrogen) atoms. The minimum Gasteiger partial charge on any atom is -0.496 e. The summed E-state index contributed by atoms with van der Waals surface area (Å²) in [5.41, 5.74) is 2.74. The molecule has 0 spiro atoms. The Balaban J connectivity index is 1.62. The first-order chi connectivity index (χ1) is 13.8. The highest BCUT2D eigenvalue weighted by Gasteiger charge is 2.18. The summed E-state index contributed by atoms with van der Waals surface area (Å²) >= 11 is 0. The van der Waals surface area contributed by atoms with E-state index in [4.69, 9.17) is 9.47 Å². The largest absolute Gasteiger partial charge is 0.496 e. The van der Waals surface area contributed by atoms with Crippen LogP contribution in [-0.4, -0.2) is 19.6 Å². The number of nitrogens with one attached hydrogen (secondary N) is 1. The summed E-state index contributed by atoms with van der Waals surface area (Å²) in [6.07, 6.45) is 1.79. The van der Waals surface area contributed by atoms with Crippen LogP contribution in [-0.2, 0) is 13.0 Å². The molecule has 0 saturated carbocycles. The highest BCUT2D eigenvalue weighted by atomic mass is 16.5. The summed E-state index contributed by atoms with van der Waals surface area (Å²) < 4.78 is 11.3. The molecule has 0 aromatic heterocycles. The number of ether oxygens (including phenoxy) is 2. The molecule has 0 radical (unpaired) electrons. The molecule has 0 atom stereocenters. The third-order valence-electron chi connectivity index (χ3n) is 4.44. The summed E-state index contributed by atoms with van der Waals surface area (Å²) in [5.74, 6) is 0.837. The number of rotatable bonds is 9. The Morgan fingerprint density at radius 3 is 2.14 bits per heavy atom. The predicted molar refractivity (Wildman–Crippen MR) is 111 cm³/mol. The van der Waals surface area contributed by atoms with Crippen LogP contribution in [0.2, 0.25) is 0 Å². The molecule has 0 heterocycles. The van der Waals surface area contributed by atoms with Crippen LogP contribution in [0.1, 0.15) is 27.9 Å². The summed E-state index contributed by atoms with van der Waals surface area (Å²) in [4.78, 5) is 12.8. The highest BCUT2D eigenvalue weighted by Crippen LogP contribution is 2.29. The van der Waals surface area contributed by atoms with Gasteiger partial charge in [-0.3, -0.25) is 4.79 Å². The zero-order chi connectivity index (χ0) is 19.6. The minimum absolute atomic E-state index is 0.187. The monoisotopic (exact) mass is 375 g/mol. The Bertz CT molecular complexity index is 879. The smallest absolute Gasteiger partial charge is 0.258 e. The molecule has 0 saturated heterocycles. The molecule has 3 rings (SSSR count). The molecule has 4 nitrogen and oxygen atoms in total. The van der Waals surface area contributed by atoms with Crippen LogP contribution < -0.4 is 14.8 Å². The van der Waals surface area contributed by atoms with Crippen LogP contribution >= 0.6 is 0 Å². The Hall–Kier alpha value is -3.27. The van der Waals surface area contributed by atoms with Crippen LogP contribution in [0.4, 0.5) is 0 Å². The van der Waals surface area contributed by atoms with Gasteiger partial charge in [-0.25, -0.2) is 0 Å². The first-order valence-electron chi connectivity index (χ1n) is 9.44. The predicted octanol–water partition coefficient (Wildman–Crippen LogP) is 4.64. The zero-order valence-corrected chi connectivity index (χ0v) is 16.1. The molecular formula is C24H25NO3. The van der Waals surface area contributed by atoms with Crippen LogP contribution in [0.3, 0.4) is 0 Å². The second-order valence-electron chi connectivity index (χ2n) is 6.45. The second-order valence-corrected chi connectivity index (χ2v) is 6.45. The van der Waals surface area contributed by atoms with Crippen LogP contribution in [0.25, 0.3) is 0 Å². The molecule has 144 valence electrons. The maximum atomic E-state index is 12.8. The lowest BCUT2D eigenvalue weighted by molar-refractivity contribution is 0.0945. The molecule has 0 bridgehead atoms. The van der Waals surface area contributed by atoms with Gasteiger partial charge in [-0.15, -0.1) is 0 Å². The number of aryl methyl sites for hydroxylation is 1. The Morgan fingerprint density at radius 1 is 0.821 bits per heavy atom. The lowest BCUT2D eigenvalue weighted by Gasteiger charge is -2.15. The summed E-state index contributed by atoms with van der Waals surface area (Å²) in [6.45, 7) is 0.978. The van der Waals surface area contributed by atoms with Crippen molar-refractivity contribution >= 4 is 5.91 Å². The van der Waals surface area contributed by atoms with Crippen molar-refractivity contribution in [3.8, 4) is 11.5 Å². The van der Waals surface area contributed by atoms with Crippen molar-refractivity contribution in [1.82, 2.24) is 5.32 Å². The molecule has 1 amide bonds. The third-order valence-corrected chi connectivity index (χ3v) is 4.44. The molecular weight excluding hydrogens is 350 g/mol. The maximum Gasteiger partial charge on any atom is 0.258 e. The summed E-state index contributed by atoms with van der Waals surface area (Å²) in [5, 5.41) is 2.98. The summed E-state index contributed by atoms with van der Waals surface area (Å²) in [6, 6.07) is 25.5. The molecule has 3 aromatic rings. The van der Waals surface area contributed by atoms with Crippen molar-refractivity contribution in [3.05, 3.63) is 95.6 Å². The van der Waals surface area contributed by atoms with Gasteiger partial charge in [0.1, 0.15) is 23.7 Å². The van der Waals surface area contributed by atoms with E-state index in [1.165, 1.54) is 5.56 Å². The van der Waals surface area contributed by atoms with E-state index in [1.807, 2.05) is 54.6 Å². The Labute approximate surface area is 166 Å². The van der Waals surface area contributed by atoms with Gasteiger partial charge in [0.05, 0.1) is 7.11 Å². The maximum absolute atomic E-state index is 12.8. The Kier molecular flexibility index (Phi) is 7.08. The standard InChI is InChI=1S/C24H25NO3/c1-27-21-15-8-16-22(28-18-20-12-6-3-7-13-20)23(21)24(26)25-17-9-14-19-10-4-2-5-11-19/h2-8,10-13,15-16H,9,14,17-18H2,1H3,(H,25,26). The van der Waals surface area contributed by atoms with Crippen LogP contribution in [0.15, 0.2) is 78.9 Å². The number of benzene rings is 3. The summed E-state index contributed by atoms with van der Waals surface area (Å²) in [7, 11) is 1.56. The fourth-order valence-electron chi connectivity index (χ4n) is 2.99. The fourth-order valence-corrected chi connectivity index (χ4v) is 2.99. The van der Waals surface area contributed by atoms with E-state index >= 15 is 0 Å². The van der Waals surface area contributed by atoms with Crippen molar-refractivity contribution in [2.45, 2.75) is 19.4 Å². The van der Waals surface area contributed by atoms with E-state index in [9.17, 15) is 4.79 Å². The molecule has 4 heteroatoms. The van der Waals surface area contributed by atoms with E-state index in [-0.39, 0.29) is 5.91 Å². The molecule has 0 fully saturated rings. The topological polar surface area (TPSA) is 47.6 Å². The van der Waals surface area contributed by atoms with Crippen molar-refractivity contribution in [1.29, 1.82) is 0 Å². The zero-order valence-electron chi connectivity index (χ0n) is 16.1. The fraction of sp³-hybridized carbons (Fsp3) is 0.208. The Morgan fingerprint density at radius 2 is 1.46 bits per heavy atom. The lowest BCUT2D eigenvalue weighted by Crippen LogP contribution is -2.26. The number of hydrogen-bond donors (Lipinski definition) is 1. The first-order valence-corrected chi connectivity index (χ1v) is 9.44. The van der Waals surface area contributed by atoms with E-state index in [0.29, 0.717) is 30.2 Å². The molecule has 1 N–H and O–H groups in total. The number of hydrogen-bond acceptors (Lipinski definition) is 3. The molecule has 0 unspecified atom stereocenters. The van der Waals surface area contributed by atoms with Crippen LogP contribution in [0.5, 0.6) is 11.5 Å². The van der Waals surface area contributed by atoms with Crippen molar-refractivity contribution < 1.29 is 14.3 Å². The third kappa shape index (κ3) is 5.36. The normalized spacial score (nSPS) is 10.3. The average Bonchev–Trinajstić information content (AvgIpc) is 2.76. The molecule has 0 aliphatic carbocycles. The van der Waals surface area contributed by atoms with E-state index in [0.717, 1.165) is 18.4 Å².